The van der Waals surface area contributed by atoms with E-state index >= 15 is 0 Å². The van der Waals surface area contributed by atoms with Gasteiger partial charge >= 0.3 is 6.18 Å². The third kappa shape index (κ3) is 4.85. The van der Waals surface area contributed by atoms with Crippen molar-refractivity contribution in [2.24, 2.45) is 0 Å². The minimum Gasteiger partial charge on any atom is -0.375 e. The fraction of sp³-hybridized carbons (Fsp3) is 0.778. The van der Waals surface area contributed by atoms with Gasteiger partial charge in [0.15, 0.2) is 0 Å². The van der Waals surface area contributed by atoms with Crippen molar-refractivity contribution in [1.82, 2.24) is 14.9 Å². The fourth-order valence-electron chi connectivity index (χ4n) is 3.68. The molecule has 0 N–H and O–H groups in total. The first kappa shape index (κ1) is 19.4. The van der Waals surface area contributed by atoms with Crippen LogP contribution in [0.2, 0.25) is 0 Å². The van der Waals surface area contributed by atoms with Crippen molar-refractivity contribution in [1.29, 1.82) is 0 Å². The van der Waals surface area contributed by atoms with Gasteiger partial charge in [0, 0.05) is 32.2 Å². The van der Waals surface area contributed by atoms with Gasteiger partial charge in [-0.1, -0.05) is 0 Å². The number of hydrogen-bond acceptors (Lipinski definition) is 5. The van der Waals surface area contributed by atoms with Crippen LogP contribution >= 0.6 is 0 Å². The molecule has 1 aromatic rings. The van der Waals surface area contributed by atoms with Crippen molar-refractivity contribution < 1.29 is 17.9 Å². The molecule has 0 atom stereocenters. The molecule has 2 aliphatic rings. The molecule has 3 rings (SSSR count). The highest BCUT2D eigenvalue weighted by atomic mass is 19.4. The Balaban J connectivity index is 1.44. The van der Waals surface area contributed by atoms with E-state index in [4.69, 9.17) is 4.74 Å². The minimum absolute atomic E-state index is 0.234. The van der Waals surface area contributed by atoms with E-state index in [0.29, 0.717) is 17.8 Å². The lowest BCUT2D eigenvalue weighted by atomic mass is 10.0. The molecule has 2 fully saturated rings. The third-order valence-electron chi connectivity index (χ3n) is 5.29. The standard InChI is InChI=1S/C18H27F3N4O/c1-13(2)24-7-3-15(4-8-24)26-16-5-9-25(10-6-16)14-11-22-17(23-12-14)18(19,20)21/h11-13,15-16H,3-10H2,1-2H3. The molecule has 0 saturated carbocycles. The monoisotopic (exact) mass is 372 g/mol. The third-order valence-corrected chi connectivity index (χ3v) is 5.29. The smallest absolute Gasteiger partial charge is 0.375 e. The number of nitrogens with zero attached hydrogens (tertiary/aromatic N) is 4. The Morgan fingerprint density at radius 2 is 1.46 bits per heavy atom. The minimum atomic E-state index is -4.50. The molecule has 0 amide bonds. The van der Waals surface area contributed by atoms with Gasteiger partial charge in [0.1, 0.15) is 0 Å². The Labute approximate surface area is 152 Å². The molecule has 2 aliphatic heterocycles. The molecule has 0 aromatic carbocycles. The van der Waals surface area contributed by atoms with Crippen molar-refractivity contribution in [3.8, 4) is 0 Å². The van der Waals surface area contributed by atoms with Crippen LogP contribution in [0.3, 0.4) is 0 Å². The summed E-state index contributed by atoms with van der Waals surface area (Å²) >= 11 is 0. The van der Waals surface area contributed by atoms with E-state index in [-0.39, 0.29) is 6.10 Å². The van der Waals surface area contributed by atoms with Gasteiger partial charge < -0.3 is 14.5 Å². The lowest BCUT2D eigenvalue weighted by molar-refractivity contribution is -0.144. The first-order chi connectivity index (χ1) is 12.3. The van der Waals surface area contributed by atoms with Crippen LogP contribution in [-0.2, 0) is 10.9 Å². The number of anilines is 1. The van der Waals surface area contributed by atoms with E-state index in [1.165, 1.54) is 12.4 Å². The van der Waals surface area contributed by atoms with Gasteiger partial charge in [0.2, 0.25) is 5.82 Å². The van der Waals surface area contributed by atoms with Crippen molar-refractivity contribution in [2.75, 3.05) is 31.1 Å². The zero-order valence-corrected chi connectivity index (χ0v) is 15.4. The molecular weight excluding hydrogens is 345 g/mol. The Hall–Kier alpha value is -1.41. The van der Waals surface area contributed by atoms with E-state index in [0.717, 1.165) is 51.9 Å². The number of likely N-dealkylation sites (tertiary alicyclic amines) is 1. The maximum absolute atomic E-state index is 12.5. The van der Waals surface area contributed by atoms with Crippen molar-refractivity contribution in [3.63, 3.8) is 0 Å². The highest BCUT2D eigenvalue weighted by molar-refractivity contribution is 5.42. The summed E-state index contributed by atoms with van der Waals surface area (Å²) in [7, 11) is 0. The van der Waals surface area contributed by atoms with Gasteiger partial charge in [0.05, 0.1) is 30.3 Å². The number of rotatable bonds is 4. The highest BCUT2D eigenvalue weighted by Gasteiger charge is 2.34. The second kappa shape index (κ2) is 8.08. The van der Waals surface area contributed by atoms with Gasteiger partial charge in [0.25, 0.3) is 0 Å². The Morgan fingerprint density at radius 1 is 0.962 bits per heavy atom. The number of aromatic nitrogens is 2. The molecule has 0 aliphatic carbocycles. The molecule has 0 bridgehead atoms. The van der Waals surface area contributed by atoms with Gasteiger partial charge in [-0.25, -0.2) is 9.97 Å². The van der Waals surface area contributed by atoms with Crippen molar-refractivity contribution in [2.45, 2.75) is 64.0 Å². The van der Waals surface area contributed by atoms with E-state index in [1.54, 1.807) is 0 Å². The predicted octanol–water partition coefficient (Wildman–Crippen LogP) is 3.35. The molecule has 146 valence electrons. The molecule has 1 aromatic heterocycles. The molecule has 2 saturated heterocycles. The number of piperidine rings is 2. The second-order valence-corrected chi connectivity index (χ2v) is 7.41. The molecule has 5 nitrogen and oxygen atoms in total. The van der Waals surface area contributed by atoms with Crippen LogP contribution in [-0.4, -0.2) is 59.3 Å². The first-order valence-electron chi connectivity index (χ1n) is 9.36. The SMILES string of the molecule is CC(C)N1CCC(OC2CCN(c3cnc(C(F)(F)F)nc3)CC2)CC1. The highest BCUT2D eigenvalue weighted by Crippen LogP contribution is 2.28. The second-order valence-electron chi connectivity index (χ2n) is 7.41. The van der Waals surface area contributed by atoms with Gasteiger partial charge in [-0.2, -0.15) is 13.2 Å². The van der Waals surface area contributed by atoms with Gasteiger partial charge in [-0.15, -0.1) is 0 Å². The average Bonchev–Trinajstić information content (AvgIpc) is 2.62. The lowest BCUT2D eigenvalue weighted by Crippen LogP contribution is -2.44. The molecule has 0 radical (unpaired) electrons. The first-order valence-corrected chi connectivity index (χ1v) is 9.36. The van der Waals surface area contributed by atoms with Crippen LogP contribution in [0, 0.1) is 0 Å². The van der Waals surface area contributed by atoms with Gasteiger partial charge in [-0.05, 0) is 39.5 Å². The molecule has 0 spiro atoms. The summed E-state index contributed by atoms with van der Waals surface area (Å²) in [6, 6.07) is 0.588. The van der Waals surface area contributed by atoms with Crippen LogP contribution in [0.4, 0.5) is 18.9 Å². The summed E-state index contributed by atoms with van der Waals surface area (Å²) < 4.78 is 43.9. The van der Waals surface area contributed by atoms with Crippen molar-refractivity contribution in [3.05, 3.63) is 18.2 Å². The van der Waals surface area contributed by atoms with E-state index in [1.807, 2.05) is 4.90 Å². The zero-order valence-electron chi connectivity index (χ0n) is 15.4. The topological polar surface area (TPSA) is 41.5 Å². The summed E-state index contributed by atoms with van der Waals surface area (Å²) in [5.41, 5.74) is 0.640. The molecule has 0 unspecified atom stereocenters. The predicted molar refractivity (Wildman–Crippen MR) is 93.1 cm³/mol. The Morgan fingerprint density at radius 3 is 1.92 bits per heavy atom. The quantitative estimate of drug-likeness (QED) is 0.811. The lowest BCUT2D eigenvalue weighted by Gasteiger charge is -2.38. The Kier molecular flexibility index (Phi) is 6.02. The summed E-state index contributed by atoms with van der Waals surface area (Å²) in [6.45, 7) is 8.13. The molecule has 26 heavy (non-hydrogen) atoms. The Bertz CT molecular complexity index is 563. The van der Waals surface area contributed by atoms with Crippen molar-refractivity contribution >= 4 is 5.69 Å². The van der Waals surface area contributed by atoms with Crippen LogP contribution in [0.15, 0.2) is 12.4 Å². The number of alkyl halides is 3. The number of halogens is 3. The van der Waals surface area contributed by atoms with Crippen LogP contribution in [0.1, 0.15) is 45.4 Å². The average molecular weight is 372 g/mol. The maximum Gasteiger partial charge on any atom is 0.451 e. The number of ether oxygens (including phenoxy) is 1. The fourth-order valence-corrected chi connectivity index (χ4v) is 3.68. The van der Waals surface area contributed by atoms with Crippen LogP contribution < -0.4 is 4.90 Å². The summed E-state index contributed by atoms with van der Waals surface area (Å²) in [5, 5.41) is 0. The molecule has 3 heterocycles. The summed E-state index contributed by atoms with van der Waals surface area (Å²) in [6.07, 6.45) is 2.50. The van der Waals surface area contributed by atoms with E-state index < -0.39 is 12.0 Å². The van der Waals surface area contributed by atoms with Gasteiger partial charge in [-0.3, -0.25) is 0 Å². The largest absolute Gasteiger partial charge is 0.451 e. The summed E-state index contributed by atoms with van der Waals surface area (Å²) in [4.78, 5) is 11.4. The normalized spacial score (nSPS) is 21.5. The molecule has 8 heteroatoms. The summed E-state index contributed by atoms with van der Waals surface area (Å²) in [5.74, 6) is -1.09. The van der Waals surface area contributed by atoms with Crippen LogP contribution in [0.25, 0.3) is 0 Å². The van der Waals surface area contributed by atoms with E-state index in [2.05, 4.69) is 28.7 Å². The number of hydrogen-bond donors (Lipinski definition) is 0. The molecular formula is C18H27F3N4O. The van der Waals surface area contributed by atoms with E-state index in [9.17, 15) is 13.2 Å². The maximum atomic E-state index is 12.5. The zero-order chi connectivity index (χ0) is 18.7. The van der Waals surface area contributed by atoms with Crippen LogP contribution in [0.5, 0.6) is 0 Å².